The summed E-state index contributed by atoms with van der Waals surface area (Å²) in [5.41, 5.74) is 1.78. The zero-order valence-electron chi connectivity index (χ0n) is 13.8. The highest BCUT2D eigenvalue weighted by Gasteiger charge is 2.14. The molecule has 9 heteroatoms. The highest BCUT2D eigenvalue weighted by Crippen LogP contribution is 2.22. The Kier molecular flexibility index (Phi) is 7.27. The quantitative estimate of drug-likeness (QED) is 0.485. The molecule has 1 heterocycles. The number of nitrogens with one attached hydrogen (secondary N) is 1. The van der Waals surface area contributed by atoms with Crippen molar-refractivity contribution in [1.82, 2.24) is 4.72 Å². The molecule has 2 rings (SSSR count). The van der Waals surface area contributed by atoms with Gasteiger partial charge in [0.25, 0.3) is 0 Å². The first-order chi connectivity index (χ1) is 12.2. The standard InChI is InChI=1S/C17H16BrNO5S2/c1-12-2-4-13(5-3-12)8-9-26(22,23)19-10-17(21)24-11-14(20)15-6-7-16(18)25-15/h2-9,19H,10-11H2,1H3/b9-8+. The predicted octanol–water partition coefficient (Wildman–Crippen LogP) is 3.14. The lowest BCUT2D eigenvalue weighted by Crippen LogP contribution is -2.30. The van der Waals surface area contributed by atoms with Gasteiger partial charge in [-0.1, -0.05) is 29.8 Å². The molecule has 0 radical (unpaired) electrons. The first-order valence-corrected chi connectivity index (χ1v) is 10.6. The molecule has 0 aliphatic rings. The molecule has 0 fully saturated rings. The Hall–Kier alpha value is -1.81. The molecule has 1 aromatic carbocycles. The molecule has 0 unspecified atom stereocenters. The minimum atomic E-state index is -3.79. The van der Waals surface area contributed by atoms with Crippen molar-refractivity contribution in [3.05, 3.63) is 61.6 Å². The Balaban J connectivity index is 1.80. The number of halogens is 1. The Morgan fingerprint density at radius 2 is 1.88 bits per heavy atom. The van der Waals surface area contributed by atoms with Crippen molar-refractivity contribution in [2.45, 2.75) is 6.92 Å². The molecule has 26 heavy (non-hydrogen) atoms. The van der Waals surface area contributed by atoms with Crippen LogP contribution in [-0.4, -0.2) is 33.3 Å². The summed E-state index contributed by atoms with van der Waals surface area (Å²) in [7, 11) is -3.79. The van der Waals surface area contributed by atoms with Crippen LogP contribution in [0, 0.1) is 6.92 Å². The van der Waals surface area contributed by atoms with E-state index in [1.54, 1.807) is 24.3 Å². The van der Waals surface area contributed by atoms with Gasteiger partial charge in [-0.05, 0) is 46.6 Å². The average molecular weight is 458 g/mol. The van der Waals surface area contributed by atoms with E-state index < -0.39 is 29.1 Å². The first-order valence-electron chi connectivity index (χ1n) is 7.44. The van der Waals surface area contributed by atoms with Crippen molar-refractivity contribution >= 4 is 55.1 Å². The van der Waals surface area contributed by atoms with Crippen LogP contribution in [0.1, 0.15) is 20.8 Å². The van der Waals surface area contributed by atoms with Gasteiger partial charge in [-0.15, -0.1) is 11.3 Å². The number of aryl methyl sites for hydroxylation is 1. The summed E-state index contributed by atoms with van der Waals surface area (Å²) in [5, 5.41) is 0.972. The van der Waals surface area contributed by atoms with E-state index >= 15 is 0 Å². The molecule has 1 aromatic heterocycles. The molecule has 0 aliphatic heterocycles. The van der Waals surface area contributed by atoms with Crippen molar-refractivity contribution in [2.75, 3.05) is 13.2 Å². The number of Topliss-reactive ketones (excluding diaryl/α,β-unsaturated/α-hetero) is 1. The van der Waals surface area contributed by atoms with Crippen molar-refractivity contribution in [3.8, 4) is 0 Å². The number of benzene rings is 1. The van der Waals surface area contributed by atoms with Crippen LogP contribution in [-0.2, 0) is 19.6 Å². The van der Waals surface area contributed by atoms with Gasteiger partial charge in [0.05, 0.1) is 8.66 Å². The number of sulfonamides is 1. The highest BCUT2D eigenvalue weighted by atomic mass is 79.9. The van der Waals surface area contributed by atoms with E-state index in [0.717, 1.165) is 20.3 Å². The van der Waals surface area contributed by atoms with E-state index in [1.165, 1.54) is 17.4 Å². The minimum absolute atomic E-state index is 0.351. The number of rotatable bonds is 8. The van der Waals surface area contributed by atoms with Crippen molar-refractivity contribution in [3.63, 3.8) is 0 Å². The predicted molar refractivity (Wildman–Crippen MR) is 104 cm³/mol. The Morgan fingerprint density at radius 1 is 1.19 bits per heavy atom. The molecule has 0 aliphatic carbocycles. The molecule has 0 atom stereocenters. The summed E-state index contributed by atoms with van der Waals surface area (Å²) >= 11 is 4.46. The molecular weight excluding hydrogens is 442 g/mol. The molecule has 1 N–H and O–H groups in total. The minimum Gasteiger partial charge on any atom is -0.456 e. The lowest BCUT2D eigenvalue weighted by Gasteiger charge is -2.04. The molecule has 0 bridgehead atoms. The van der Waals surface area contributed by atoms with E-state index in [2.05, 4.69) is 20.7 Å². The number of hydrogen-bond donors (Lipinski definition) is 1. The number of thiophene rings is 1. The van der Waals surface area contributed by atoms with Crippen LogP contribution in [0.4, 0.5) is 0 Å². The maximum absolute atomic E-state index is 11.9. The van der Waals surface area contributed by atoms with E-state index in [4.69, 9.17) is 4.74 Å². The monoisotopic (exact) mass is 457 g/mol. The number of ketones is 1. The van der Waals surface area contributed by atoms with Crippen LogP contribution < -0.4 is 4.72 Å². The van der Waals surface area contributed by atoms with Gasteiger partial charge in [-0.2, -0.15) is 0 Å². The number of carbonyl (C=O) groups excluding carboxylic acids is 2. The van der Waals surface area contributed by atoms with Gasteiger partial charge in [0.2, 0.25) is 15.8 Å². The summed E-state index contributed by atoms with van der Waals surface area (Å²) in [6.07, 6.45) is 1.42. The van der Waals surface area contributed by atoms with Gasteiger partial charge in [0.15, 0.2) is 6.61 Å². The normalized spacial score (nSPS) is 11.6. The van der Waals surface area contributed by atoms with Gasteiger partial charge in [0, 0.05) is 5.41 Å². The van der Waals surface area contributed by atoms with Crippen LogP contribution in [0.2, 0.25) is 0 Å². The molecular formula is C17H16BrNO5S2. The number of ether oxygens (including phenoxy) is 1. The largest absolute Gasteiger partial charge is 0.456 e. The fraction of sp³-hybridized carbons (Fsp3) is 0.176. The Labute approximate surface area is 164 Å². The van der Waals surface area contributed by atoms with Crippen molar-refractivity contribution < 1.29 is 22.7 Å². The summed E-state index contributed by atoms with van der Waals surface area (Å²) < 4.78 is 31.4. The van der Waals surface area contributed by atoms with E-state index in [0.29, 0.717) is 4.88 Å². The second-order valence-corrected chi connectivity index (χ2v) is 9.38. The topological polar surface area (TPSA) is 89.5 Å². The molecule has 6 nitrogen and oxygen atoms in total. The molecule has 0 saturated carbocycles. The first kappa shape index (κ1) is 20.5. The second kappa shape index (κ2) is 9.22. The van der Waals surface area contributed by atoms with Crippen molar-refractivity contribution in [1.29, 1.82) is 0 Å². The number of hydrogen-bond acceptors (Lipinski definition) is 6. The second-order valence-electron chi connectivity index (χ2n) is 5.27. The van der Waals surface area contributed by atoms with E-state index in [1.807, 2.05) is 19.1 Å². The van der Waals surface area contributed by atoms with Crippen LogP contribution in [0.25, 0.3) is 6.08 Å². The third kappa shape index (κ3) is 6.83. The maximum atomic E-state index is 11.9. The highest BCUT2D eigenvalue weighted by molar-refractivity contribution is 9.11. The summed E-state index contributed by atoms with van der Waals surface area (Å²) in [5.74, 6) is -1.18. The lowest BCUT2D eigenvalue weighted by molar-refractivity contribution is -0.141. The lowest BCUT2D eigenvalue weighted by atomic mass is 10.2. The van der Waals surface area contributed by atoms with Crippen molar-refractivity contribution in [2.24, 2.45) is 0 Å². The third-order valence-corrected chi connectivity index (χ3v) is 5.85. The number of esters is 1. The molecule has 0 amide bonds. The summed E-state index contributed by atoms with van der Waals surface area (Å²) in [6, 6.07) is 10.6. The van der Waals surface area contributed by atoms with Crippen LogP contribution in [0.3, 0.4) is 0 Å². The molecule has 0 saturated heterocycles. The third-order valence-electron chi connectivity index (χ3n) is 3.15. The summed E-state index contributed by atoms with van der Waals surface area (Å²) in [6.45, 7) is 0.939. The van der Waals surface area contributed by atoms with Gasteiger partial charge in [-0.25, -0.2) is 13.1 Å². The average Bonchev–Trinajstić information content (AvgIpc) is 3.04. The van der Waals surface area contributed by atoms with Gasteiger partial charge in [0.1, 0.15) is 6.54 Å². The van der Waals surface area contributed by atoms with Crippen LogP contribution in [0.5, 0.6) is 0 Å². The van der Waals surface area contributed by atoms with Crippen LogP contribution >= 0.6 is 27.3 Å². The molecule has 138 valence electrons. The Bertz CT molecular complexity index is 917. The molecule has 0 spiro atoms. The maximum Gasteiger partial charge on any atom is 0.321 e. The fourth-order valence-corrected chi connectivity index (χ4v) is 3.85. The van der Waals surface area contributed by atoms with Gasteiger partial charge >= 0.3 is 5.97 Å². The zero-order valence-corrected chi connectivity index (χ0v) is 17.0. The van der Waals surface area contributed by atoms with E-state index in [9.17, 15) is 18.0 Å². The van der Waals surface area contributed by atoms with Crippen LogP contribution in [0.15, 0.2) is 45.6 Å². The van der Waals surface area contributed by atoms with Gasteiger partial charge in [-0.3, -0.25) is 9.59 Å². The number of carbonyl (C=O) groups is 2. The summed E-state index contributed by atoms with van der Waals surface area (Å²) in [4.78, 5) is 23.9. The van der Waals surface area contributed by atoms with Gasteiger partial charge < -0.3 is 4.74 Å². The fourth-order valence-electron chi connectivity index (χ4n) is 1.79. The Morgan fingerprint density at radius 3 is 2.50 bits per heavy atom. The zero-order chi connectivity index (χ0) is 19.2. The smallest absolute Gasteiger partial charge is 0.321 e. The van der Waals surface area contributed by atoms with E-state index in [-0.39, 0.29) is 5.78 Å². The molecule has 2 aromatic rings. The SMILES string of the molecule is Cc1ccc(/C=C/S(=O)(=O)NCC(=O)OCC(=O)c2ccc(Br)s2)cc1.